The lowest BCUT2D eigenvalue weighted by Gasteiger charge is -2.36. The molecule has 1 aromatic carbocycles. The number of fused-ring (bicyclic) bond motifs is 1. The molecule has 2 atom stereocenters. The third kappa shape index (κ3) is 2.60. The number of imide groups is 1. The van der Waals surface area contributed by atoms with Gasteiger partial charge in [0.25, 0.3) is 5.91 Å². The average molecular weight is 319 g/mol. The van der Waals surface area contributed by atoms with Gasteiger partial charge in [0.05, 0.1) is 0 Å². The number of guanidine groups is 1. The van der Waals surface area contributed by atoms with Gasteiger partial charge in [0.1, 0.15) is 5.82 Å². The molecule has 0 bridgehead atoms. The van der Waals surface area contributed by atoms with Crippen molar-refractivity contribution in [3.8, 4) is 0 Å². The van der Waals surface area contributed by atoms with E-state index < -0.39 is 18.2 Å². The molecule has 0 aliphatic carbocycles. The molecule has 2 heterocycles. The van der Waals surface area contributed by atoms with E-state index in [-0.39, 0.29) is 11.7 Å². The summed E-state index contributed by atoms with van der Waals surface area (Å²) in [5, 5.41) is 2.34. The normalized spacial score (nSPS) is 23.6. The summed E-state index contributed by atoms with van der Waals surface area (Å²) >= 11 is 0. The Hall–Kier alpha value is -2.64. The van der Waals surface area contributed by atoms with E-state index >= 15 is 0 Å². The van der Waals surface area contributed by atoms with Gasteiger partial charge in [-0.2, -0.15) is 0 Å². The lowest BCUT2D eigenvalue weighted by atomic mass is 10.1. The topological polar surface area (TPSA) is 68.2 Å². The first-order valence-corrected chi connectivity index (χ1v) is 7.22. The highest BCUT2D eigenvalue weighted by Gasteiger charge is 2.48. The van der Waals surface area contributed by atoms with E-state index in [1.807, 2.05) is 19.0 Å². The zero-order valence-electron chi connectivity index (χ0n) is 13.2. The predicted molar refractivity (Wildman–Crippen MR) is 81.9 cm³/mol. The molecular formula is C15H18FN5O2. The molecule has 7 nitrogen and oxygen atoms in total. The first-order chi connectivity index (χ1) is 10.9. The molecule has 122 valence electrons. The van der Waals surface area contributed by atoms with Crippen LogP contribution >= 0.6 is 0 Å². The summed E-state index contributed by atoms with van der Waals surface area (Å²) in [5.74, 6) is -0.0721. The summed E-state index contributed by atoms with van der Waals surface area (Å²) in [5.41, 5.74) is 0.856. The Labute approximate surface area is 133 Å². The van der Waals surface area contributed by atoms with Crippen LogP contribution in [0, 0.1) is 5.82 Å². The molecule has 1 N–H and O–H groups in total. The lowest BCUT2D eigenvalue weighted by molar-refractivity contribution is -0.127. The minimum absolute atomic E-state index is 0.310. The van der Waals surface area contributed by atoms with Crippen molar-refractivity contribution >= 4 is 17.9 Å². The largest absolute Gasteiger partial charge is 0.349 e. The molecule has 3 amide bonds. The van der Waals surface area contributed by atoms with Crippen LogP contribution in [-0.2, 0) is 11.3 Å². The van der Waals surface area contributed by atoms with Crippen molar-refractivity contribution in [2.45, 2.75) is 18.8 Å². The van der Waals surface area contributed by atoms with Crippen LogP contribution < -0.4 is 5.32 Å². The third-order valence-electron chi connectivity index (χ3n) is 4.00. The fraction of sp³-hybridized carbons (Fsp3) is 0.400. The number of likely N-dealkylation sites (N-methyl/N-ethyl adjacent to an activating group) is 1. The molecule has 1 aromatic rings. The van der Waals surface area contributed by atoms with Crippen LogP contribution in [-0.4, -0.2) is 65.9 Å². The Morgan fingerprint density at radius 3 is 2.52 bits per heavy atom. The van der Waals surface area contributed by atoms with Crippen molar-refractivity contribution < 1.29 is 14.0 Å². The van der Waals surface area contributed by atoms with Gasteiger partial charge in [0.2, 0.25) is 0 Å². The molecule has 23 heavy (non-hydrogen) atoms. The van der Waals surface area contributed by atoms with E-state index in [1.54, 1.807) is 24.1 Å². The monoisotopic (exact) mass is 319 g/mol. The van der Waals surface area contributed by atoms with Crippen LogP contribution in [0.5, 0.6) is 0 Å². The number of nitrogens with one attached hydrogen (secondary N) is 1. The van der Waals surface area contributed by atoms with Crippen molar-refractivity contribution in [1.82, 2.24) is 20.0 Å². The number of carbonyl (C=O) groups is 2. The van der Waals surface area contributed by atoms with Gasteiger partial charge >= 0.3 is 6.03 Å². The number of carbonyl (C=O) groups excluding carboxylic acids is 2. The molecule has 1 saturated heterocycles. The summed E-state index contributed by atoms with van der Waals surface area (Å²) in [6, 6.07) is 5.05. The fourth-order valence-corrected chi connectivity index (χ4v) is 2.84. The van der Waals surface area contributed by atoms with Gasteiger partial charge in [0.15, 0.2) is 18.2 Å². The van der Waals surface area contributed by atoms with E-state index in [0.717, 1.165) is 5.56 Å². The van der Waals surface area contributed by atoms with Crippen LogP contribution in [0.3, 0.4) is 0 Å². The number of amides is 3. The SMILES string of the molecule is CN(C)C1=NC2C(C(=O)NC(=O)N2C)N1Cc1ccc(F)cc1. The number of nitrogens with zero attached hydrogens (tertiary/aromatic N) is 4. The smallest absolute Gasteiger partial charge is 0.325 e. The summed E-state index contributed by atoms with van der Waals surface area (Å²) in [6.07, 6.45) is -0.561. The molecule has 0 radical (unpaired) electrons. The van der Waals surface area contributed by atoms with E-state index in [2.05, 4.69) is 10.3 Å². The Kier molecular flexibility index (Phi) is 3.67. The fourth-order valence-electron chi connectivity index (χ4n) is 2.84. The molecule has 2 aliphatic heterocycles. The molecule has 8 heteroatoms. The van der Waals surface area contributed by atoms with Crippen LogP contribution in [0.1, 0.15) is 5.56 Å². The minimum Gasteiger partial charge on any atom is -0.349 e. The van der Waals surface area contributed by atoms with Crippen molar-refractivity contribution in [2.24, 2.45) is 4.99 Å². The van der Waals surface area contributed by atoms with Crippen LogP contribution in [0.4, 0.5) is 9.18 Å². The second-order valence-corrected chi connectivity index (χ2v) is 5.84. The molecule has 1 fully saturated rings. The van der Waals surface area contributed by atoms with Crippen molar-refractivity contribution in [3.05, 3.63) is 35.6 Å². The second-order valence-electron chi connectivity index (χ2n) is 5.84. The van der Waals surface area contributed by atoms with Crippen LogP contribution in [0.25, 0.3) is 0 Å². The molecular weight excluding hydrogens is 301 g/mol. The maximum atomic E-state index is 13.1. The standard InChI is InChI=1S/C15H18FN5O2/c1-19(2)14-17-12-11(13(22)18-15(23)20(12)3)21(14)8-9-4-6-10(16)7-5-9/h4-7,11-12H,8H2,1-3H3,(H,18,22,23). The summed E-state index contributed by atoms with van der Waals surface area (Å²) in [4.78, 5) is 33.7. The Morgan fingerprint density at radius 1 is 1.26 bits per heavy atom. The van der Waals surface area contributed by atoms with Crippen molar-refractivity contribution in [1.29, 1.82) is 0 Å². The molecule has 2 aliphatic rings. The van der Waals surface area contributed by atoms with Crippen LogP contribution in [0.2, 0.25) is 0 Å². The number of hydrogen-bond donors (Lipinski definition) is 1. The predicted octanol–water partition coefficient (Wildman–Crippen LogP) is 0.435. The van der Waals surface area contributed by atoms with E-state index in [9.17, 15) is 14.0 Å². The molecule has 0 saturated carbocycles. The van der Waals surface area contributed by atoms with Gasteiger partial charge in [-0.1, -0.05) is 12.1 Å². The maximum Gasteiger partial charge on any atom is 0.325 e. The number of hydrogen-bond acceptors (Lipinski definition) is 5. The first-order valence-electron chi connectivity index (χ1n) is 7.22. The zero-order valence-corrected chi connectivity index (χ0v) is 13.2. The molecule has 0 spiro atoms. The average Bonchev–Trinajstić information content (AvgIpc) is 2.87. The quantitative estimate of drug-likeness (QED) is 0.859. The Morgan fingerprint density at radius 2 is 1.91 bits per heavy atom. The molecule has 0 aromatic heterocycles. The second kappa shape index (κ2) is 5.53. The molecule has 2 unspecified atom stereocenters. The van der Waals surface area contributed by atoms with Gasteiger partial charge in [-0.3, -0.25) is 10.1 Å². The van der Waals surface area contributed by atoms with Crippen molar-refractivity contribution in [2.75, 3.05) is 21.1 Å². The van der Waals surface area contributed by atoms with Gasteiger partial charge < -0.3 is 14.7 Å². The van der Waals surface area contributed by atoms with E-state index in [0.29, 0.717) is 12.5 Å². The lowest BCUT2D eigenvalue weighted by Crippen LogP contribution is -2.63. The zero-order chi connectivity index (χ0) is 16.7. The Bertz CT molecular complexity index is 673. The maximum absolute atomic E-state index is 13.1. The number of benzene rings is 1. The van der Waals surface area contributed by atoms with Gasteiger partial charge in [-0.25, -0.2) is 14.2 Å². The summed E-state index contributed by atoms with van der Waals surface area (Å²) in [6.45, 7) is 0.397. The Balaban J connectivity index is 1.93. The van der Waals surface area contributed by atoms with Gasteiger partial charge in [0, 0.05) is 27.7 Å². The number of aliphatic imine (C=N–C) groups is 1. The number of halogens is 1. The van der Waals surface area contributed by atoms with Gasteiger partial charge in [-0.15, -0.1) is 0 Å². The highest BCUT2D eigenvalue weighted by Crippen LogP contribution is 2.26. The van der Waals surface area contributed by atoms with Gasteiger partial charge in [-0.05, 0) is 17.7 Å². The van der Waals surface area contributed by atoms with E-state index in [4.69, 9.17) is 0 Å². The first kappa shape index (κ1) is 15.3. The highest BCUT2D eigenvalue weighted by atomic mass is 19.1. The third-order valence-corrected chi connectivity index (χ3v) is 4.00. The molecule has 3 rings (SSSR count). The number of rotatable bonds is 2. The van der Waals surface area contributed by atoms with Crippen LogP contribution in [0.15, 0.2) is 29.3 Å². The van der Waals surface area contributed by atoms with E-state index in [1.165, 1.54) is 17.0 Å². The minimum atomic E-state index is -0.597. The summed E-state index contributed by atoms with van der Waals surface area (Å²) < 4.78 is 13.1. The van der Waals surface area contributed by atoms with Crippen molar-refractivity contribution in [3.63, 3.8) is 0 Å². The highest BCUT2D eigenvalue weighted by molar-refractivity contribution is 6.03. The summed E-state index contributed by atoms with van der Waals surface area (Å²) in [7, 11) is 5.26. The number of urea groups is 1.